The second-order valence-corrected chi connectivity index (χ2v) is 5.26. The zero-order valence-corrected chi connectivity index (χ0v) is 13.9. The van der Waals surface area contributed by atoms with Crippen molar-refractivity contribution in [1.29, 1.82) is 0 Å². The molecule has 2 aromatic heterocycles. The van der Waals surface area contributed by atoms with Gasteiger partial charge in [-0.15, -0.1) is 10.2 Å². The number of hydrogen-bond donors (Lipinski definition) is 1. The second-order valence-electron chi connectivity index (χ2n) is 5.26. The highest BCUT2D eigenvalue weighted by Crippen LogP contribution is 2.33. The van der Waals surface area contributed by atoms with Crippen LogP contribution in [0.4, 0.5) is 11.5 Å². The highest BCUT2D eigenvalue weighted by atomic mass is 16.5. The van der Waals surface area contributed by atoms with Gasteiger partial charge in [0.25, 0.3) is 0 Å². The Morgan fingerprint density at radius 1 is 1.16 bits per heavy atom. The number of carboxylic acids is 1. The van der Waals surface area contributed by atoms with Crippen LogP contribution < -0.4 is 9.47 Å². The number of carboxylic acid groups (broad SMARTS) is 1. The van der Waals surface area contributed by atoms with Crippen molar-refractivity contribution in [3.05, 3.63) is 47.8 Å². The largest absolute Gasteiger partial charge is 0.497 e. The Morgan fingerprint density at radius 2 is 1.96 bits per heavy atom. The monoisotopic (exact) mass is 340 g/mol. The van der Waals surface area contributed by atoms with Crippen LogP contribution in [0, 0.1) is 6.92 Å². The summed E-state index contributed by atoms with van der Waals surface area (Å²) in [4.78, 5) is 15.6. The van der Waals surface area contributed by atoms with E-state index < -0.39 is 5.97 Å². The maximum Gasteiger partial charge on any atom is 0.358 e. The number of azo groups is 1. The predicted molar refractivity (Wildman–Crippen MR) is 90.6 cm³/mol. The van der Waals surface area contributed by atoms with Crippen molar-refractivity contribution >= 4 is 23.1 Å². The number of ether oxygens (including phenoxy) is 2. The molecule has 1 N–H and O–H groups in total. The Kier molecular flexibility index (Phi) is 4.34. The van der Waals surface area contributed by atoms with Gasteiger partial charge in [-0.05, 0) is 30.7 Å². The van der Waals surface area contributed by atoms with Crippen molar-refractivity contribution < 1.29 is 19.4 Å². The minimum Gasteiger partial charge on any atom is -0.497 e. The van der Waals surface area contributed by atoms with E-state index in [4.69, 9.17) is 9.47 Å². The second kappa shape index (κ2) is 6.60. The van der Waals surface area contributed by atoms with Gasteiger partial charge in [-0.3, -0.25) is 4.40 Å². The van der Waals surface area contributed by atoms with Crippen molar-refractivity contribution in [2.75, 3.05) is 14.2 Å². The third-order valence-corrected chi connectivity index (χ3v) is 3.58. The van der Waals surface area contributed by atoms with E-state index in [1.54, 1.807) is 42.0 Å². The van der Waals surface area contributed by atoms with Crippen LogP contribution in [0.25, 0.3) is 5.65 Å². The molecule has 3 aromatic rings. The number of imidazole rings is 1. The summed E-state index contributed by atoms with van der Waals surface area (Å²) in [6.45, 7) is 1.90. The van der Waals surface area contributed by atoms with Gasteiger partial charge in [-0.25, -0.2) is 9.78 Å². The summed E-state index contributed by atoms with van der Waals surface area (Å²) in [5, 5.41) is 17.6. The van der Waals surface area contributed by atoms with E-state index in [-0.39, 0.29) is 11.5 Å². The van der Waals surface area contributed by atoms with Crippen molar-refractivity contribution in [1.82, 2.24) is 9.38 Å². The highest BCUT2D eigenvalue weighted by molar-refractivity contribution is 5.91. The first-order valence-corrected chi connectivity index (χ1v) is 7.39. The van der Waals surface area contributed by atoms with Crippen LogP contribution in [0.3, 0.4) is 0 Å². The molecule has 3 rings (SSSR count). The van der Waals surface area contributed by atoms with Gasteiger partial charge < -0.3 is 14.6 Å². The Hall–Kier alpha value is -3.42. The molecule has 0 unspecified atom stereocenters. The number of pyridine rings is 1. The minimum atomic E-state index is -1.17. The summed E-state index contributed by atoms with van der Waals surface area (Å²) in [6.07, 6.45) is 1.76. The molecule has 0 amide bonds. The molecule has 1 aromatic carbocycles. The standard InChI is InChI=1S/C17H16N4O4/c1-10-4-7-14-18-15(17(22)23)16(21(14)9-10)20-19-12-6-5-11(24-2)8-13(12)25-3/h4-9H,1-3H3,(H,22,23). The number of carbonyl (C=O) groups is 1. The van der Waals surface area contributed by atoms with Gasteiger partial charge in [0.2, 0.25) is 0 Å². The van der Waals surface area contributed by atoms with Crippen molar-refractivity contribution in [3.8, 4) is 11.5 Å². The zero-order chi connectivity index (χ0) is 18.0. The lowest BCUT2D eigenvalue weighted by atomic mass is 10.3. The third-order valence-electron chi connectivity index (χ3n) is 3.58. The van der Waals surface area contributed by atoms with E-state index in [1.807, 2.05) is 13.0 Å². The van der Waals surface area contributed by atoms with Gasteiger partial charge in [0.15, 0.2) is 11.5 Å². The lowest BCUT2D eigenvalue weighted by Gasteiger charge is -2.06. The molecule has 8 nitrogen and oxygen atoms in total. The van der Waals surface area contributed by atoms with Gasteiger partial charge in [-0.1, -0.05) is 6.07 Å². The first kappa shape index (κ1) is 16.4. The van der Waals surface area contributed by atoms with Crippen LogP contribution >= 0.6 is 0 Å². The Labute approximate surface area is 143 Å². The number of rotatable bonds is 5. The van der Waals surface area contributed by atoms with Crippen LogP contribution in [0.5, 0.6) is 11.5 Å². The fourth-order valence-electron chi connectivity index (χ4n) is 2.35. The van der Waals surface area contributed by atoms with Crippen molar-refractivity contribution in [3.63, 3.8) is 0 Å². The number of methoxy groups -OCH3 is 2. The van der Waals surface area contributed by atoms with Gasteiger partial charge in [0.05, 0.1) is 14.2 Å². The predicted octanol–water partition coefficient (Wildman–Crippen LogP) is 3.77. The van der Waals surface area contributed by atoms with Crippen LogP contribution in [0.2, 0.25) is 0 Å². The lowest BCUT2D eigenvalue weighted by Crippen LogP contribution is -1.96. The summed E-state index contributed by atoms with van der Waals surface area (Å²) in [6, 6.07) is 8.64. The fourth-order valence-corrected chi connectivity index (χ4v) is 2.35. The molecule has 2 heterocycles. The third kappa shape index (κ3) is 3.14. The summed E-state index contributed by atoms with van der Waals surface area (Å²) >= 11 is 0. The van der Waals surface area contributed by atoms with Crippen LogP contribution in [0.15, 0.2) is 46.8 Å². The van der Waals surface area contributed by atoms with Gasteiger partial charge >= 0.3 is 5.97 Å². The maximum absolute atomic E-state index is 11.5. The number of fused-ring (bicyclic) bond motifs is 1. The fraction of sp³-hybridized carbons (Fsp3) is 0.176. The summed E-state index contributed by atoms with van der Waals surface area (Å²) in [5.41, 5.74) is 1.71. The van der Waals surface area contributed by atoms with Crippen LogP contribution in [-0.4, -0.2) is 34.7 Å². The molecule has 0 saturated carbocycles. The molecule has 0 fully saturated rings. The average molecular weight is 340 g/mol. The molecule has 0 radical (unpaired) electrons. The number of aryl methyl sites for hydroxylation is 1. The Morgan fingerprint density at radius 3 is 2.64 bits per heavy atom. The summed E-state index contributed by atoms with van der Waals surface area (Å²) in [7, 11) is 3.06. The number of aromatic carboxylic acids is 1. The van der Waals surface area contributed by atoms with E-state index in [9.17, 15) is 9.90 Å². The molecular weight excluding hydrogens is 324 g/mol. The zero-order valence-electron chi connectivity index (χ0n) is 13.9. The van der Waals surface area contributed by atoms with E-state index in [0.29, 0.717) is 22.8 Å². The molecule has 128 valence electrons. The normalized spacial score (nSPS) is 11.2. The smallest absolute Gasteiger partial charge is 0.358 e. The molecule has 0 saturated heterocycles. The van der Waals surface area contributed by atoms with E-state index in [1.165, 1.54) is 7.11 Å². The van der Waals surface area contributed by atoms with Crippen LogP contribution in [-0.2, 0) is 0 Å². The molecule has 8 heteroatoms. The first-order chi connectivity index (χ1) is 12.0. The molecule has 0 bridgehead atoms. The first-order valence-electron chi connectivity index (χ1n) is 7.39. The molecular formula is C17H16N4O4. The van der Waals surface area contributed by atoms with Crippen molar-refractivity contribution in [2.45, 2.75) is 6.92 Å². The molecule has 0 aliphatic rings. The van der Waals surface area contributed by atoms with Crippen LogP contribution in [0.1, 0.15) is 16.1 Å². The van der Waals surface area contributed by atoms with Crippen molar-refractivity contribution in [2.24, 2.45) is 10.2 Å². The van der Waals surface area contributed by atoms with E-state index >= 15 is 0 Å². The Balaban J connectivity index is 2.11. The molecule has 25 heavy (non-hydrogen) atoms. The molecule has 0 aliphatic heterocycles. The van der Waals surface area contributed by atoms with E-state index in [2.05, 4.69) is 15.2 Å². The molecule has 0 spiro atoms. The topological polar surface area (TPSA) is 97.8 Å². The number of benzene rings is 1. The van der Waals surface area contributed by atoms with Gasteiger partial charge in [0.1, 0.15) is 22.8 Å². The summed E-state index contributed by atoms with van der Waals surface area (Å²) < 4.78 is 12.0. The minimum absolute atomic E-state index is 0.143. The Bertz CT molecular complexity index is 978. The quantitative estimate of drug-likeness (QED) is 0.713. The van der Waals surface area contributed by atoms with Gasteiger partial charge in [0, 0.05) is 12.3 Å². The van der Waals surface area contributed by atoms with Gasteiger partial charge in [-0.2, -0.15) is 0 Å². The molecule has 0 aliphatic carbocycles. The number of aromatic nitrogens is 2. The lowest BCUT2D eigenvalue weighted by molar-refractivity contribution is 0.0692. The molecule has 0 atom stereocenters. The SMILES string of the molecule is COc1ccc(N=Nc2c(C(=O)O)nc3ccc(C)cn23)c(OC)c1. The number of nitrogens with zero attached hydrogens (tertiary/aromatic N) is 4. The summed E-state index contributed by atoms with van der Waals surface area (Å²) in [5.74, 6) is 0.0542. The average Bonchev–Trinajstić information content (AvgIpc) is 2.97. The van der Waals surface area contributed by atoms with E-state index in [0.717, 1.165) is 5.56 Å². The highest BCUT2D eigenvalue weighted by Gasteiger charge is 2.18. The maximum atomic E-state index is 11.5. The number of hydrogen-bond acceptors (Lipinski definition) is 6.